The van der Waals surface area contributed by atoms with Gasteiger partial charge in [0.1, 0.15) is 22.4 Å². The molecule has 12 aromatic rings. The SMILES string of the molecule is c1ccc(-c2nc(-c3ccc(-c4cccc5c4oc4ccccc45)cc3)nc(-c3ccc(-c4nc5cccc(-c6ccccc6)c5c5c4oc4ccccc45)cc3)n2)cc1. The summed E-state index contributed by atoms with van der Waals surface area (Å²) < 4.78 is 13.0. The van der Waals surface area contributed by atoms with Crippen LogP contribution in [0.1, 0.15) is 0 Å². The Morgan fingerprint density at radius 2 is 0.750 bits per heavy atom. The number of furan rings is 2. The Morgan fingerprint density at radius 3 is 1.43 bits per heavy atom. The molecule has 4 heterocycles. The van der Waals surface area contributed by atoms with Crippen LogP contribution in [0.15, 0.2) is 203 Å². The third kappa shape index (κ3) is 5.57. The van der Waals surface area contributed by atoms with Crippen LogP contribution in [0.2, 0.25) is 0 Å². The molecule has 0 aliphatic carbocycles. The maximum atomic E-state index is 6.65. The molecular formula is C54H32N4O2. The van der Waals surface area contributed by atoms with Gasteiger partial charge in [-0.15, -0.1) is 0 Å². The van der Waals surface area contributed by atoms with Gasteiger partial charge in [0.25, 0.3) is 0 Å². The lowest BCUT2D eigenvalue weighted by Gasteiger charge is -2.12. The lowest BCUT2D eigenvalue weighted by Crippen LogP contribution is -2.00. The highest BCUT2D eigenvalue weighted by Crippen LogP contribution is 2.43. The zero-order valence-electron chi connectivity index (χ0n) is 32.1. The van der Waals surface area contributed by atoms with Gasteiger partial charge < -0.3 is 8.83 Å². The molecule has 12 rings (SSSR count). The molecule has 6 heteroatoms. The maximum absolute atomic E-state index is 6.65. The number of hydrogen-bond donors (Lipinski definition) is 0. The second kappa shape index (κ2) is 13.7. The first kappa shape index (κ1) is 33.9. The molecule has 4 aromatic heterocycles. The fourth-order valence-electron chi connectivity index (χ4n) is 8.48. The van der Waals surface area contributed by atoms with E-state index < -0.39 is 0 Å². The summed E-state index contributed by atoms with van der Waals surface area (Å²) in [4.78, 5) is 20.4. The second-order valence-electron chi connectivity index (χ2n) is 14.9. The molecule has 0 unspecified atom stereocenters. The Hall–Kier alpha value is -8.22. The number of fused-ring (bicyclic) bond motifs is 8. The number of para-hydroxylation sites is 3. The van der Waals surface area contributed by atoms with E-state index in [9.17, 15) is 0 Å². The number of rotatable bonds is 6. The molecule has 280 valence electrons. The van der Waals surface area contributed by atoms with Gasteiger partial charge in [0.05, 0.1) is 5.52 Å². The van der Waals surface area contributed by atoms with Gasteiger partial charge in [-0.25, -0.2) is 19.9 Å². The predicted molar refractivity (Wildman–Crippen MR) is 242 cm³/mol. The summed E-state index contributed by atoms with van der Waals surface area (Å²) in [6, 6.07) is 66.2. The minimum atomic E-state index is 0.578. The monoisotopic (exact) mass is 768 g/mol. The van der Waals surface area contributed by atoms with Gasteiger partial charge in [0.15, 0.2) is 23.1 Å². The van der Waals surface area contributed by atoms with Crippen LogP contribution in [-0.4, -0.2) is 19.9 Å². The van der Waals surface area contributed by atoms with Gasteiger partial charge in [-0.05, 0) is 34.9 Å². The molecule has 0 radical (unpaired) electrons. The average molecular weight is 769 g/mol. The van der Waals surface area contributed by atoms with Gasteiger partial charge in [0, 0.05) is 54.7 Å². The topological polar surface area (TPSA) is 77.8 Å². The molecule has 0 bridgehead atoms. The van der Waals surface area contributed by atoms with Crippen molar-refractivity contribution < 1.29 is 8.83 Å². The van der Waals surface area contributed by atoms with E-state index in [-0.39, 0.29) is 0 Å². The first-order valence-corrected chi connectivity index (χ1v) is 20.0. The third-order valence-corrected chi connectivity index (χ3v) is 11.4. The summed E-state index contributed by atoms with van der Waals surface area (Å²) in [5.41, 5.74) is 13.0. The van der Waals surface area contributed by atoms with E-state index in [4.69, 9.17) is 28.8 Å². The lowest BCUT2D eigenvalue weighted by atomic mass is 9.95. The molecule has 0 saturated heterocycles. The Labute approximate surface area is 344 Å². The van der Waals surface area contributed by atoms with Gasteiger partial charge >= 0.3 is 0 Å². The van der Waals surface area contributed by atoms with Crippen LogP contribution in [-0.2, 0) is 0 Å². The number of nitrogens with zero attached hydrogens (tertiary/aromatic N) is 4. The summed E-state index contributed by atoms with van der Waals surface area (Å²) in [7, 11) is 0. The zero-order valence-corrected chi connectivity index (χ0v) is 32.1. The molecule has 8 aromatic carbocycles. The highest BCUT2D eigenvalue weighted by Gasteiger charge is 2.21. The average Bonchev–Trinajstić information content (AvgIpc) is 3.91. The van der Waals surface area contributed by atoms with Gasteiger partial charge in [0.2, 0.25) is 0 Å². The molecule has 0 atom stereocenters. The molecular weight excluding hydrogens is 737 g/mol. The van der Waals surface area contributed by atoms with Gasteiger partial charge in [-0.3, -0.25) is 0 Å². The Bertz CT molecular complexity index is 3580. The van der Waals surface area contributed by atoms with E-state index in [1.165, 1.54) is 0 Å². The Morgan fingerprint density at radius 1 is 0.283 bits per heavy atom. The number of hydrogen-bond acceptors (Lipinski definition) is 6. The van der Waals surface area contributed by atoms with Crippen LogP contribution in [0.4, 0.5) is 0 Å². The van der Waals surface area contributed by atoms with E-state index >= 15 is 0 Å². The zero-order chi connectivity index (χ0) is 39.6. The molecule has 0 N–H and O–H groups in total. The molecule has 0 saturated carbocycles. The fraction of sp³-hybridized carbons (Fsp3) is 0. The van der Waals surface area contributed by atoms with Crippen LogP contribution in [0, 0.1) is 0 Å². The van der Waals surface area contributed by atoms with Crippen molar-refractivity contribution in [2.75, 3.05) is 0 Å². The molecule has 60 heavy (non-hydrogen) atoms. The molecule has 0 amide bonds. The molecule has 0 aliphatic rings. The van der Waals surface area contributed by atoms with Crippen molar-refractivity contribution in [1.29, 1.82) is 0 Å². The predicted octanol–water partition coefficient (Wildman–Crippen LogP) is 14.2. The van der Waals surface area contributed by atoms with Crippen LogP contribution in [0.3, 0.4) is 0 Å². The van der Waals surface area contributed by atoms with Crippen molar-refractivity contribution in [2.24, 2.45) is 0 Å². The summed E-state index contributed by atoms with van der Waals surface area (Å²) in [5.74, 6) is 1.77. The van der Waals surface area contributed by atoms with Crippen LogP contribution < -0.4 is 0 Å². The molecule has 0 aliphatic heterocycles. The summed E-state index contributed by atoms with van der Waals surface area (Å²) in [6.07, 6.45) is 0. The van der Waals surface area contributed by atoms with Gasteiger partial charge in [-0.1, -0.05) is 176 Å². The Kier molecular flexibility index (Phi) is 7.74. The van der Waals surface area contributed by atoms with E-state index in [2.05, 4.69) is 127 Å². The van der Waals surface area contributed by atoms with Crippen molar-refractivity contribution in [3.05, 3.63) is 194 Å². The normalized spacial score (nSPS) is 11.7. The second-order valence-corrected chi connectivity index (χ2v) is 14.9. The van der Waals surface area contributed by atoms with Crippen molar-refractivity contribution >= 4 is 54.8 Å². The van der Waals surface area contributed by atoms with Crippen molar-refractivity contribution in [3.8, 4) is 67.7 Å². The summed E-state index contributed by atoms with van der Waals surface area (Å²) in [6.45, 7) is 0. The number of pyridine rings is 1. The highest BCUT2D eigenvalue weighted by atomic mass is 16.3. The van der Waals surface area contributed by atoms with Crippen LogP contribution in [0.25, 0.3) is 122 Å². The summed E-state index contributed by atoms with van der Waals surface area (Å²) >= 11 is 0. The van der Waals surface area contributed by atoms with Gasteiger partial charge in [-0.2, -0.15) is 0 Å². The van der Waals surface area contributed by atoms with Crippen LogP contribution in [0.5, 0.6) is 0 Å². The lowest BCUT2D eigenvalue weighted by molar-refractivity contribution is 0.668. The molecule has 0 fully saturated rings. The van der Waals surface area contributed by atoms with E-state index in [0.29, 0.717) is 17.5 Å². The van der Waals surface area contributed by atoms with E-state index in [1.54, 1.807) is 0 Å². The number of aromatic nitrogens is 4. The van der Waals surface area contributed by atoms with Crippen LogP contribution >= 0.6 is 0 Å². The fourth-order valence-corrected chi connectivity index (χ4v) is 8.48. The molecule has 0 spiro atoms. The smallest absolute Gasteiger partial charge is 0.164 e. The first-order valence-electron chi connectivity index (χ1n) is 20.0. The van der Waals surface area contributed by atoms with E-state index in [0.717, 1.165) is 105 Å². The van der Waals surface area contributed by atoms with Crippen molar-refractivity contribution in [2.45, 2.75) is 0 Å². The minimum Gasteiger partial charge on any atom is -0.455 e. The van der Waals surface area contributed by atoms with Crippen molar-refractivity contribution in [1.82, 2.24) is 19.9 Å². The quantitative estimate of drug-likeness (QED) is 0.168. The first-order chi connectivity index (χ1) is 29.7. The summed E-state index contributed by atoms with van der Waals surface area (Å²) in [5, 5.41) is 5.41. The highest BCUT2D eigenvalue weighted by molar-refractivity contribution is 6.24. The largest absolute Gasteiger partial charge is 0.455 e. The van der Waals surface area contributed by atoms with Crippen molar-refractivity contribution in [3.63, 3.8) is 0 Å². The number of benzene rings is 8. The van der Waals surface area contributed by atoms with E-state index in [1.807, 2.05) is 66.7 Å². The minimum absolute atomic E-state index is 0.578. The molecule has 6 nitrogen and oxygen atoms in total. The standard InChI is InChI=1S/C54H32N4O2/c1-3-13-33(14-4-1)39-19-12-22-44-47(39)48-43-18-8-10-24-46(43)60-51(48)49(55-44)35-27-31-38(32-28-35)54-57-52(36-15-5-2-6-16-36)56-53(58-54)37-29-25-34(26-30-37)40-20-11-21-42-41-17-7-9-23-45(41)59-50(40)42/h1-32H. The third-order valence-electron chi connectivity index (χ3n) is 11.4. The maximum Gasteiger partial charge on any atom is 0.164 e. The Balaban J connectivity index is 0.958.